The van der Waals surface area contributed by atoms with E-state index in [1.807, 2.05) is 6.92 Å². The molecule has 0 unspecified atom stereocenters. The first-order valence-electron chi connectivity index (χ1n) is 9.44. The van der Waals surface area contributed by atoms with Gasteiger partial charge in [-0.05, 0) is 32.6 Å². The van der Waals surface area contributed by atoms with Gasteiger partial charge in [0.05, 0.1) is 12.5 Å². The number of nitrogens with zero attached hydrogens (tertiary/aromatic N) is 3. The summed E-state index contributed by atoms with van der Waals surface area (Å²) in [5.74, 6) is 0.691. The van der Waals surface area contributed by atoms with Gasteiger partial charge in [0.2, 0.25) is 5.91 Å². The number of rotatable bonds is 5. The summed E-state index contributed by atoms with van der Waals surface area (Å²) in [6.07, 6.45) is 6.33. The number of ether oxygens (including phenoxy) is 1. The second kappa shape index (κ2) is 11.6. The molecule has 1 saturated carbocycles. The highest BCUT2D eigenvalue weighted by Gasteiger charge is 2.28. The number of guanidine groups is 1. The van der Waals surface area contributed by atoms with E-state index in [4.69, 9.17) is 4.74 Å². The van der Waals surface area contributed by atoms with Crippen molar-refractivity contribution < 1.29 is 14.3 Å². The van der Waals surface area contributed by atoms with E-state index in [1.54, 1.807) is 19.0 Å². The molecule has 0 atom stereocenters. The van der Waals surface area contributed by atoms with Gasteiger partial charge in [0.15, 0.2) is 5.96 Å². The number of nitrogens with one attached hydrogen (secondary N) is 1. The van der Waals surface area contributed by atoms with Crippen molar-refractivity contribution in [2.45, 2.75) is 51.5 Å². The van der Waals surface area contributed by atoms with E-state index in [0.29, 0.717) is 12.6 Å². The Morgan fingerprint density at radius 1 is 1.15 bits per heavy atom. The van der Waals surface area contributed by atoms with Gasteiger partial charge in [0.1, 0.15) is 6.54 Å². The zero-order valence-corrected chi connectivity index (χ0v) is 18.5. The second-order valence-corrected chi connectivity index (χ2v) is 7.07. The number of carbonyl (C=O) groups excluding carboxylic acids is 2. The molecule has 2 fully saturated rings. The van der Waals surface area contributed by atoms with Crippen LogP contribution in [0, 0.1) is 5.92 Å². The molecule has 0 aromatic rings. The van der Waals surface area contributed by atoms with E-state index in [2.05, 4.69) is 15.2 Å². The van der Waals surface area contributed by atoms with E-state index >= 15 is 0 Å². The Labute approximate surface area is 173 Å². The maximum absolute atomic E-state index is 11.9. The molecule has 1 N–H and O–H groups in total. The maximum atomic E-state index is 11.9. The predicted molar refractivity (Wildman–Crippen MR) is 113 cm³/mol. The minimum atomic E-state index is -0.0906. The highest BCUT2D eigenvalue weighted by Crippen LogP contribution is 2.21. The summed E-state index contributed by atoms with van der Waals surface area (Å²) in [7, 11) is 3.49. The molecule has 0 aromatic carbocycles. The Bertz CT molecular complexity index is 485. The van der Waals surface area contributed by atoms with Crippen LogP contribution in [0.4, 0.5) is 0 Å². The first-order valence-corrected chi connectivity index (χ1v) is 9.44. The fourth-order valence-electron chi connectivity index (χ4n) is 3.36. The monoisotopic (exact) mass is 480 g/mol. The van der Waals surface area contributed by atoms with Crippen molar-refractivity contribution in [3.8, 4) is 0 Å². The van der Waals surface area contributed by atoms with Crippen LogP contribution in [0.5, 0.6) is 0 Å². The van der Waals surface area contributed by atoms with E-state index < -0.39 is 0 Å². The predicted octanol–water partition coefficient (Wildman–Crippen LogP) is 1.86. The molecule has 7 nitrogen and oxygen atoms in total. The first-order chi connectivity index (χ1) is 12.0. The molecule has 2 rings (SSSR count). The number of hydrogen-bond donors (Lipinski definition) is 1. The Hall–Kier alpha value is -1.06. The zero-order valence-electron chi connectivity index (χ0n) is 16.2. The second-order valence-electron chi connectivity index (χ2n) is 7.07. The smallest absolute Gasteiger partial charge is 0.309 e. The topological polar surface area (TPSA) is 74.2 Å². The number of amides is 1. The van der Waals surface area contributed by atoms with Crippen molar-refractivity contribution in [2.24, 2.45) is 10.9 Å². The molecule has 0 spiro atoms. The number of carbonyl (C=O) groups is 2. The molecule has 150 valence electrons. The van der Waals surface area contributed by atoms with Gasteiger partial charge in [-0.3, -0.25) is 9.59 Å². The van der Waals surface area contributed by atoms with Crippen LogP contribution in [0.25, 0.3) is 0 Å². The van der Waals surface area contributed by atoms with Gasteiger partial charge >= 0.3 is 5.97 Å². The minimum absolute atomic E-state index is 0. The van der Waals surface area contributed by atoms with Crippen LogP contribution < -0.4 is 5.32 Å². The maximum Gasteiger partial charge on any atom is 0.309 e. The third kappa shape index (κ3) is 6.92. The van der Waals surface area contributed by atoms with Crippen LogP contribution in [0.15, 0.2) is 4.99 Å². The van der Waals surface area contributed by atoms with Crippen molar-refractivity contribution in [3.63, 3.8) is 0 Å². The number of hydrogen-bond acceptors (Lipinski definition) is 4. The van der Waals surface area contributed by atoms with Crippen molar-refractivity contribution >= 4 is 41.8 Å². The van der Waals surface area contributed by atoms with Crippen LogP contribution in [0.2, 0.25) is 0 Å². The van der Waals surface area contributed by atoms with E-state index in [9.17, 15) is 9.59 Å². The summed E-state index contributed by atoms with van der Waals surface area (Å²) < 4.78 is 5.14. The molecule has 0 bridgehead atoms. The van der Waals surface area contributed by atoms with Crippen molar-refractivity contribution in [2.75, 3.05) is 40.3 Å². The largest absolute Gasteiger partial charge is 0.466 e. The normalized spacial score (nSPS) is 19.0. The molecule has 8 heteroatoms. The van der Waals surface area contributed by atoms with Crippen LogP contribution in [0.1, 0.15) is 45.4 Å². The lowest BCUT2D eigenvalue weighted by Crippen LogP contribution is -2.49. The van der Waals surface area contributed by atoms with Crippen molar-refractivity contribution in [3.05, 3.63) is 0 Å². The van der Waals surface area contributed by atoms with Gasteiger partial charge in [0, 0.05) is 33.2 Å². The number of esters is 1. The van der Waals surface area contributed by atoms with Gasteiger partial charge in [-0.25, -0.2) is 4.99 Å². The van der Waals surface area contributed by atoms with Crippen LogP contribution >= 0.6 is 24.0 Å². The molecule has 1 saturated heterocycles. The lowest BCUT2D eigenvalue weighted by atomic mass is 9.97. The van der Waals surface area contributed by atoms with Gasteiger partial charge in [-0.15, -0.1) is 24.0 Å². The standard InChI is InChI=1S/C18H32N4O3.HI/c1-4-25-17(24)14-9-11-22(12-10-14)18(19-13-16(23)21(2)3)20-15-7-5-6-8-15;/h14-15H,4-13H2,1-3H3,(H,19,20);1H. The molecule has 1 amide bonds. The van der Waals surface area contributed by atoms with Crippen LogP contribution in [0.3, 0.4) is 0 Å². The van der Waals surface area contributed by atoms with Crippen LogP contribution in [-0.4, -0.2) is 74.0 Å². The van der Waals surface area contributed by atoms with Gasteiger partial charge < -0.3 is 19.9 Å². The number of halogens is 1. The Morgan fingerprint density at radius 3 is 2.31 bits per heavy atom. The molecule has 0 radical (unpaired) electrons. The average Bonchev–Trinajstić information content (AvgIpc) is 3.11. The van der Waals surface area contributed by atoms with Gasteiger partial charge in [-0.2, -0.15) is 0 Å². The number of piperidine rings is 1. The summed E-state index contributed by atoms with van der Waals surface area (Å²) in [5.41, 5.74) is 0. The molecule has 1 aliphatic heterocycles. The summed E-state index contributed by atoms with van der Waals surface area (Å²) >= 11 is 0. The number of likely N-dealkylation sites (N-methyl/N-ethyl adjacent to an activating group) is 1. The lowest BCUT2D eigenvalue weighted by Gasteiger charge is -2.34. The lowest BCUT2D eigenvalue weighted by molar-refractivity contribution is -0.149. The molecule has 1 heterocycles. The molecule has 26 heavy (non-hydrogen) atoms. The Balaban J connectivity index is 0.00000338. The summed E-state index contributed by atoms with van der Waals surface area (Å²) in [4.78, 5) is 32.1. The van der Waals surface area contributed by atoms with E-state index in [-0.39, 0.29) is 48.3 Å². The molecular formula is C18H33IN4O3. The molecule has 2 aliphatic rings. The molecule has 1 aliphatic carbocycles. The zero-order chi connectivity index (χ0) is 18.2. The Kier molecular flexibility index (Phi) is 10.3. The first kappa shape index (κ1) is 23.0. The summed E-state index contributed by atoms with van der Waals surface area (Å²) in [6, 6.07) is 0.441. The van der Waals surface area contributed by atoms with E-state index in [0.717, 1.165) is 44.7 Å². The minimum Gasteiger partial charge on any atom is -0.466 e. The fraction of sp³-hybridized carbons (Fsp3) is 0.833. The molecule has 0 aromatic heterocycles. The highest BCUT2D eigenvalue weighted by atomic mass is 127. The van der Waals surface area contributed by atoms with Gasteiger partial charge in [-0.1, -0.05) is 12.8 Å². The summed E-state index contributed by atoms with van der Waals surface area (Å²) in [6.45, 7) is 3.95. The fourth-order valence-corrected chi connectivity index (χ4v) is 3.36. The third-order valence-electron chi connectivity index (χ3n) is 4.97. The highest BCUT2D eigenvalue weighted by molar-refractivity contribution is 14.0. The van der Waals surface area contributed by atoms with Gasteiger partial charge in [0.25, 0.3) is 0 Å². The van der Waals surface area contributed by atoms with Crippen molar-refractivity contribution in [1.82, 2.24) is 15.1 Å². The summed E-state index contributed by atoms with van der Waals surface area (Å²) in [5, 5.41) is 3.54. The third-order valence-corrected chi connectivity index (χ3v) is 4.97. The van der Waals surface area contributed by atoms with Crippen molar-refractivity contribution in [1.29, 1.82) is 0 Å². The average molecular weight is 480 g/mol. The Morgan fingerprint density at radius 2 is 1.77 bits per heavy atom. The SMILES string of the molecule is CCOC(=O)C1CCN(C(=NCC(=O)N(C)C)NC2CCCC2)CC1.I. The van der Waals surface area contributed by atoms with Crippen LogP contribution in [-0.2, 0) is 14.3 Å². The number of aliphatic imine (C=N–C) groups is 1. The van der Waals surface area contributed by atoms with E-state index in [1.165, 1.54) is 12.8 Å². The number of likely N-dealkylation sites (tertiary alicyclic amines) is 1. The molecular weight excluding hydrogens is 447 g/mol. The quantitative estimate of drug-likeness (QED) is 0.282.